The Bertz CT molecular complexity index is 604. The van der Waals surface area contributed by atoms with Crippen LogP contribution in [0.1, 0.15) is 32.8 Å². The molecule has 3 heteroatoms. The third-order valence-corrected chi connectivity index (χ3v) is 3.87. The van der Waals surface area contributed by atoms with E-state index in [2.05, 4.69) is 47.9 Å². The van der Waals surface area contributed by atoms with Crippen molar-refractivity contribution < 1.29 is 4.79 Å². The fourth-order valence-electron chi connectivity index (χ4n) is 2.27. The highest BCUT2D eigenvalue weighted by atomic mass is 16.2. The van der Waals surface area contributed by atoms with Gasteiger partial charge in [0.1, 0.15) is 0 Å². The minimum absolute atomic E-state index is 0.0598. The molecule has 0 aliphatic rings. The smallest absolute Gasteiger partial charge is 0.237 e. The zero-order valence-electron chi connectivity index (χ0n) is 13.0. The number of hydrogen-bond donors (Lipinski definition) is 2. The van der Waals surface area contributed by atoms with Gasteiger partial charge in [0.2, 0.25) is 5.91 Å². The molecule has 0 saturated carbocycles. The maximum Gasteiger partial charge on any atom is 0.237 e. The lowest BCUT2D eigenvalue weighted by molar-refractivity contribution is -0.123. The molecule has 21 heavy (non-hydrogen) atoms. The second kappa shape index (κ2) is 7.23. The van der Waals surface area contributed by atoms with Gasteiger partial charge in [0.15, 0.2) is 0 Å². The van der Waals surface area contributed by atoms with Gasteiger partial charge in [-0.05, 0) is 36.6 Å². The maximum atomic E-state index is 12.0. The molecule has 2 aromatic rings. The van der Waals surface area contributed by atoms with Crippen LogP contribution in [0.15, 0.2) is 42.5 Å². The Morgan fingerprint density at radius 1 is 1.10 bits per heavy atom. The van der Waals surface area contributed by atoms with Gasteiger partial charge in [-0.3, -0.25) is 4.79 Å². The molecule has 0 aliphatic heterocycles. The molecule has 2 rings (SSSR count). The van der Waals surface area contributed by atoms with Gasteiger partial charge < -0.3 is 10.6 Å². The first-order valence-corrected chi connectivity index (χ1v) is 7.62. The average Bonchev–Trinajstić information content (AvgIpc) is 2.52. The van der Waals surface area contributed by atoms with Crippen molar-refractivity contribution in [1.29, 1.82) is 0 Å². The van der Waals surface area contributed by atoms with Gasteiger partial charge in [-0.2, -0.15) is 0 Å². The first-order chi connectivity index (χ1) is 10.1. The Morgan fingerprint density at radius 2 is 1.81 bits per heavy atom. The zero-order chi connectivity index (χ0) is 15.2. The van der Waals surface area contributed by atoms with Crippen molar-refractivity contribution >= 4 is 16.7 Å². The number of carbonyl (C=O) groups is 1. The molecule has 3 nitrogen and oxygen atoms in total. The summed E-state index contributed by atoms with van der Waals surface area (Å²) in [5.41, 5.74) is 1.22. The number of hydrogen-bond acceptors (Lipinski definition) is 2. The van der Waals surface area contributed by atoms with Gasteiger partial charge in [0.25, 0.3) is 0 Å². The summed E-state index contributed by atoms with van der Waals surface area (Å²) in [7, 11) is 0. The van der Waals surface area contributed by atoms with Crippen LogP contribution in [-0.4, -0.2) is 18.0 Å². The van der Waals surface area contributed by atoms with Crippen molar-refractivity contribution in [3.05, 3.63) is 48.0 Å². The van der Waals surface area contributed by atoms with E-state index in [1.165, 1.54) is 16.3 Å². The molecule has 1 amide bonds. The predicted octanol–water partition coefficient (Wildman–Crippen LogP) is 3.23. The van der Waals surface area contributed by atoms with E-state index in [9.17, 15) is 4.79 Å². The molecule has 0 saturated heterocycles. The van der Waals surface area contributed by atoms with Crippen molar-refractivity contribution in [3.8, 4) is 0 Å². The van der Waals surface area contributed by atoms with E-state index >= 15 is 0 Å². The van der Waals surface area contributed by atoms with E-state index in [4.69, 9.17) is 0 Å². The monoisotopic (exact) mass is 284 g/mol. The SMILES string of the molecule is CCC(C)NC(=O)C(C)NCc1cccc2ccccc12. The van der Waals surface area contributed by atoms with E-state index in [0.29, 0.717) is 6.54 Å². The summed E-state index contributed by atoms with van der Waals surface area (Å²) >= 11 is 0. The van der Waals surface area contributed by atoms with Crippen LogP contribution >= 0.6 is 0 Å². The number of rotatable bonds is 6. The molecule has 0 aliphatic carbocycles. The summed E-state index contributed by atoms with van der Waals surface area (Å²) in [4.78, 5) is 12.0. The molecule has 2 aromatic carbocycles. The second-order valence-electron chi connectivity index (χ2n) is 5.56. The van der Waals surface area contributed by atoms with Crippen LogP contribution in [0.25, 0.3) is 10.8 Å². The molecule has 112 valence electrons. The Kier molecular flexibility index (Phi) is 5.34. The Balaban J connectivity index is 2.00. The van der Waals surface area contributed by atoms with Crippen LogP contribution in [0.3, 0.4) is 0 Å². The topological polar surface area (TPSA) is 41.1 Å². The minimum Gasteiger partial charge on any atom is -0.352 e. The van der Waals surface area contributed by atoms with Gasteiger partial charge in [-0.15, -0.1) is 0 Å². The van der Waals surface area contributed by atoms with E-state index in [0.717, 1.165) is 6.42 Å². The van der Waals surface area contributed by atoms with Crippen LogP contribution in [0.4, 0.5) is 0 Å². The summed E-state index contributed by atoms with van der Waals surface area (Å²) in [6, 6.07) is 14.6. The molecule has 2 unspecified atom stereocenters. The normalized spacial score (nSPS) is 13.9. The fourth-order valence-corrected chi connectivity index (χ4v) is 2.27. The van der Waals surface area contributed by atoms with Gasteiger partial charge in [-0.1, -0.05) is 49.4 Å². The van der Waals surface area contributed by atoms with Gasteiger partial charge >= 0.3 is 0 Å². The molecule has 0 radical (unpaired) electrons. The van der Waals surface area contributed by atoms with Crippen molar-refractivity contribution in [2.45, 2.75) is 45.8 Å². The summed E-state index contributed by atoms with van der Waals surface area (Å²) in [5.74, 6) is 0.0598. The lowest BCUT2D eigenvalue weighted by Gasteiger charge is -2.18. The standard InChI is InChI=1S/C18H24N2O/c1-4-13(2)20-18(21)14(3)19-12-16-10-7-9-15-8-5-6-11-17(15)16/h5-11,13-14,19H,4,12H2,1-3H3,(H,20,21). The molecule has 2 atom stereocenters. The largest absolute Gasteiger partial charge is 0.352 e. The quantitative estimate of drug-likeness (QED) is 0.855. The van der Waals surface area contributed by atoms with Crippen LogP contribution in [0.2, 0.25) is 0 Å². The Labute approximate surface area is 126 Å². The molecule has 0 spiro atoms. The van der Waals surface area contributed by atoms with Crippen molar-refractivity contribution in [2.24, 2.45) is 0 Å². The second-order valence-corrected chi connectivity index (χ2v) is 5.56. The molecular formula is C18H24N2O. The summed E-state index contributed by atoms with van der Waals surface area (Å²) in [6.45, 7) is 6.69. The van der Waals surface area contributed by atoms with Crippen LogP contribution < -0.4 is 10.6 Å². The first kappa shape index (κ1) is 15.5. The van der Waals surface area contributed by atoms with Crippen LogP contribution in [-0.2, 0) is 11.3 Å². The van der Waals surface area contributed by atoms with Crippen LogP contribution in [0.5, 0.6) is 0 Å². The summed E-state index contributed by atoms with van der Waals surface area (Å²) in [5, 5.41) is 8.78. The summed E-state index contributed by atoms with van der Waals surface area (Å²) in [6.07, 6.45) is 0.946. The molecule has 0 fully saturated rings. The predicted molar refractivity (Wildman–Crippen MR) is 88.1 cm³/mol. The Morgan fingerprint density at radius 3 is 2.57 bits per heavy atom. The molecular weight excluding hydrogens is 260 g/mol. The molecule has 0 aromatic heterocycles. The highest BCUT2D eigenvalue weighted by Crippen LogP contribution is 2.18. The van der Waals surface area contributed by atoms with Crippen molar-refractivity contribution in [2.75, 3.05) is 0 Å². The van der Waals surface area contributed by atoms with Gasteiger partial charge in [0, 0.05) is 12.6 Å². The zero-order valence-corrected chi connectivity index (χ0v) is 13.0. The van der Waals surface area contributed by atoms with E-state index in [-0.39, 0.29) is 18.0 Å². The molecule has 0 bridgehead atoms. The highest BCUT2D eigenvalue weighted by Gasteiger charge is 2.14. The number of carbonyl (C=O) groups excluding carboxylic acids is 1. The van der Waals surface area contributed by atoms with E-state index in [1.807, 2.05) is 26.0 Å². The van der Waals surface area contributed by atoms with Crippen molar-refractivity contribution in [3.63, 3.8) is 0 Å². The lowest BCUT2D eigenvalue weighted by atomic mass is 10.0. The van der Waals surface area contributed by atoms with Gasteiger partial charge in [0.05, 0.1) is 6.04 Å². The molecule has 2 N–H and O–H groups in total. The first-order valence-electron chi connectivity index (χ1n) is 7.62. The van der Waals surface area contributed by atoms with E-state index < -0.39 is 0 Å². The van der Waals surface area contributed by atoms with Gasteiger partial charge in [-0.25, -0.2) is 0 Å². The number of amides is 1. The van der Waals surface area contributed by atoms with E-state index in [1.54, 1.807) is 0 Å². The fraction of sp³-hybridized carbons (Fsp3) is 0.389. The number of fused-ring (bicyclic) bond motifs is 1. The lowest BCUT2D eigenvalue weighted by Crippen LogP contribution is -2.45. The third kappa shape index (κ3) is 4.05. The number of nitrogens with one attached hydrogen (secondary N) is 2. The minimum atomic E-state index is -0.196. The Hall–Kier alpha value is -1.87. The molecule has 0 heterocycles. The average molecular weight is 284 g/mol. The highest BCUT2D eigenvalue weighted by molar-refractivity contribution is 5.86. The number of benzene rings is 2. The third-order valence-electron chi connectivity index (χ3n) is 3.87. The maximum absolute atomic E-state index is 12.0. The van der Waals surface area contributed by atoms with Crippen LogP contribution in [0, 0.1) is 0 Å². The van der Waals surface area contributed by atoms with Crippen molar-refractivity contribution in [1.82, 2.24) is 10.6 Å². The summed E-state index contributed by atoms with van der Waals surface area (Å²) < 4.78 is 0.